The number of nitrogens with one attached hydrogen (secondary N) is 1. The molecule has 1 saturated carbocycles. The van der Waals surface area contributed by atoms with Gasteiger partial charge in [-0.25, -0.2) is 0 Å². The van der Waals surface area contributed by atoms with Gasteiger partial charge in [0.25, 0.3) is 5.69 Å². The minimum absolute atomic E-state index is 0.160. The molecule has 0 bridgehead atoms. The largest absolute Gasteiger partial charge is 0.384 e. The van der Waals surface area contributed by atoms with Crippen molar-refractivity contribution in [2.24, 2.45) is 5.92 Å². The Balaban J connectivity index is 2.08. The second kappa shape index (κ2) is 5.69. The summed E-state index contributed by atoms with van der Waals surface area (Å²) < 4.78 is 0.762. The highest BCUT2D eigenvalue weighted by Crippen LogP contribution is 2.32. The molecule has 1 aliphatic carbocycles. The number of halogens is 1. The lowest BCUT2D eigenvalue weighted by atomic mass is 10.1. The van der Waals surface area contributed by atoms with Crippen LogP contribution in [0.3, 0.4) is 0 Å². The highest BCUT2D eigenvalue weighted by molar-refractivity contribution is 9.10. The van der Waals surface area contributed by atoms with Crippen LogP contribution in [-0.4, -0.2) is 11.5 Å². The zero-order valence-electron chi connectivity index (χ0n) is 10.4. The van der Waals surface area contributed by atoms with E-state index in [1.54, 1.807) is 13.0 Å². The third-order valence-corrected chi connectivity index (χ3v) is 4.19. The predicted octanol–water partition coefficient (Wildman–Crippen LogP) is 4.27. The van der Waals surface area contributed by atoms with Gasteiger partial charge in [-0.3, -0.25) is 10.1 Å². The number of nitrogens with zero attached hydrogens (tertiary/aromatic N) is 1. The van der Waals surface area contributed by atoms with Gasteiger partial charge < -0.3 is 5.32 Å². The van der Waals surface area contributed by atoms with E-state index in [2.05, 4.69) is 21.2 Å². The number of nitro groups is 1. The third kappa shape index (κ3) is 3.02. The minimum Gasteiger partial charge on any atom is -0.384 e. The summed E-state index contributed by atoms with van der Waals surface area (Å²) in [7, 11) is 0. The zero-order valence-corrected chi connectivity index (χ0v) is 12.0. The number of benzene rings is 1. The highest BCUT2D eigenvalue weighted by Gasteiger charge is 2.17. The van der Waals surface area contributed by atoms with E-state index in [-0.39, 0.29) is 10.6 Å². The van der Waals surface area contributed by atoms with Crippen LogP contribution in [-0.2, 0) is 0 Å². The molecule has 5 heteroatoms. The van der Waals surface area contributed by atoms with E-state index in [0.717, 1.165) is 22.6 Å². The molecule has 4 nitrogen and oxygen atoms in total. The molecule has 1 aliphatic rings. The molecule has 98 valence electrons. The third-order valence-electron chi connectivity index (χ3n) is 3.54. The lowest BCUT2D eigenvalue weighted by molar-refractivity contribution is -0.385. The molecule has 1 fully saturated rings. The van der Waals surface area contributed by atoms with Gasteiger partial charge in [-0.15, -0.1) is 0 Å². The predicted molar refractivity (Wildman–Crippen MR) is 76.0 cm³/mol. The molecule has 0 spiro atoms. The number of rotatable bonds is 4. The SMILES string of the molecule is Cc1cc(NCC2CCCC2)c(Br)cc1[N+](=O)[O-]. The number of hydrogen-bond donors (Lipinski definition) is 1. The molecule has 2 rings (SSSR count). The summed E-state index contributed by atoms with van der Waals surface area (Å²) in [6.07, 6.45) is 5.23. The van der Waals surface area contributed by atoms with Crippen molar-refractivity contribution in [1.29, 1.82) is 0 Å². The van der Waals surface area contributed by atoms with Crippen LogP contribution >= 0.6 is 15.9 Å². The van der Waals surface area contributed by atoms with Gasteiger partial charge in [0, 0.05) is 28.3 Å². The lowest BCUT2D eigenvalue weighted by Gasteiger charge is -2.13. The Kier molecular flexibility index (Phi) is 4.22. The molecule has 0 amide bonds. The van der Waals surface area contributed by atoms with Crippen molar-refractivity contribution in [2.75, 3.05) is 11.9 Å². The average Bonchev–Trinajstić information content (AvgIpc) is 2.82. The van der Waals surface area contributed by atoms with Crippen molar-refractivity contribution in [3.05, 3.63) is 32.3 Å². The van der Waals surface area contributed by atoms with Crippen LogP contribution in [0.4, 0.5) is 11.4 Å². The molecule has 1 aromatic rings. The lowest BCUT2D eigenvalue weighted by Crippen LogP contribution is -2.11. The van der Waals surface area contributed by atoms with E-state index in [9.17, 15) is 10.1 Å². The van der Waals surface area contributed by atoms with Crippen molar-refractivity contribution in [1.82, 2.24) is 0 Å². The molecule has 0 atom stereocenters. The molecule has 0 saturated heterocycles. The van der Waals surface area contributed by atoms with E-state index < -0.39 is 0 Å². The molecule has 0 heterocycles. The maximum atomic E-state index is 10.8. The number of nitro benzene ring substituents is 1. The monoisotopic (exact) mass is 312 g/mol. The van der Waals surface area contributed by atoms with Crippen LogP contribution in [0.25, 0.3) is 0 Å². The first kappa shape index (κ1) is 13.3. The van der Waals surface area contributed by atoms with Crippen molar-refractivity contribution in [3.63, 3.8) is 0 Å². The Morgan fingerprint density at radius 2 is 2.11 bits per heavy atom. The van der Waals surface area contributed by atoms with Gasteiger partial charge in [0.2, 0.25) is 0 Å². The van der Waals surface area contributed by atoms with Gasteiger partial charge in [-0.1, -0.05) is 12.8 Å². The zero-order chi connectivity index (χ0) is 13.1. The first-order valence-electron chi connectivity index (χ1n) is 6.26. The maximum absolute atomic E-state index is 10.8. The van der Waals surface area contributed by atoms with Crippen LogP contribution in [0.1, 0.15) is 31.2 Å². The molecule has 0 radical (unpaired) electrons. The Bertz CT molecular complexity index is 457. The fourth-order valence-corrected chi connectivity index (χ4v) is 2.94. The molecule has 1 N–H and O–H groups in total. The second-order valence-electron chi connectivity index (χ2n) is 4.91. The van der Waals surface area contributed by atoms with Crippen LogP contribution in [0.2, 0.25) is 0 Å². The standard InChI is InChI=1S/C13H17BrN2O2/c1-9-6-12(11(14)7-13(9)16(17)18)15-8-10-4-2-3-5-10/h6-7,10,15H,2-5,8H2,1H3. The fraction of sp³-hybridized carbons (Fsp3) is 0.538. The highest BCUT2D eigenvalue weighted by atomic mass is 79.9. The Labute approximate surface area is 115 Å². The van der Waals surface area contributed by atoms with Crippen molar-refractivity contribution >= 4 is 27.3 Å². The van der Waals surface area contributed by atoms with E-state index in [1.165, 1.54) is 25.7 Å². The average molecular weight is 313 g/mol. The summed E-state index contributed by atoms with van der Waals surface area (Å²) in [5.74, 6) is 0.743. The molecule has 18 heavy (non-hydrogen) atoms. The molecule has 1 aromatic carbocycles. The van der Waals surface area contributed by atoms with Crippen LogP contribution < -0.4 is 5.32 Å². The molecular formula is C13H17BrN2O2. The van der Waals surface area contributed by atoms with Crippen LogP contribution in [0.5, 0.6) is 0 Å². The van der Waals surface area contributed by atoms with E-state index >= 15 is 0 Å². The molecule has 0 aliphatic heterocycles. The smallest absolute Gasteiger partial charge is 0.273 e. The fourth-order valence-electron chi connectivity index (χ4n) is 2.47. The van der Waals surface area contributed by atoms with Gasteiger partial charge >= 0.3 is 0 Å². The Morgan fingerprint density at radius 3 is 2.72 bits per heavy atom. The van der Waals surface area contributed by atoms with Gasteiger partial charge in [-0.2, -0.15) is 0 Å². The first-order chi connectivity index (χ1) is 8.58. The normalized spacial score (nSPS) is 15.9. The van der Waals surface area contributed by atoms with E-state index in [0.29, 0.717) is 5.56 Å². The maximum Gasteiger partial charge on any atom is 0.273 e. The summed E-state index contributed by atoms with van der Waals surface area (Å²) >= 11 is 3.39. The summed E-state index contributed by atoms with van der Waals surface area (Å²) in [5, 5.41) is 14.2. The second-order valence-corrected chi connectivity index (χ2v) is 5.76. The summed E-state index contributed by atoms with van der Waals surface area (Å²) in [6, 6.07) is 3.42. The van der Waals surface area contributed by atoms with Gasteiger partial charge in [0.1, 0.15) is 0 Å². The van der Waals surface area contributed by atoms with Gasteiger partial charge in [-0.05, 0) is 47.7 Å². The van der Waals surface area contributed by atoms with Gasteiger partial charge in [0.15, 0.2) is 0 Å². The van der Waals surface area contributed by atoms with E-state index in [4.69, 9.17) is 0 Å². The molecule has 0 unspecified atom stereocenters. The van der Waals surface area contributed by atoms with Crippen molar-refractivity contribution in [3.8, 4) is 0 Å². The quantitative estimate of drug-likeness (QED) is 0.667. The summed E-state index contributed by atoms with van der Waals surface area (Å²) in [4.78, 5) is 10.5. The Hall–Kier alpha value is -1.10. The van der Waals surface area contributed by atoms with E-state index in [1.807, 2.05) is 6.07 Å². The Morgan fingerprint density at radius 1 is 1.44 bits per heavy atom. The van der Waals surface area contributed by atoms with Crippen molar-refractivity contribution < 1.29 is 4.92 Å². The number of aryl methyl sites for hydroxylation is 1. The molecule has 0 aromatic heterocycles. The van der Waals surface area contributed by atoms with Crippen molar-refractivity contribution in [2.45, 2.75) is 32.6 Å². The minimum atomic E-state index is -0.346. The topological polar surface area (TPSA) is 55.2 Å². The van der Waals surface area contributed by atoms with Gasteiger partial charge in [0.05, 0.1) is 4.92 Å². The van der Waals surface area contributed by atoms with Crippen LogP contribution in [0.15, 0.2) is 16.6 Å². The molecular weight excluding hydrogens is 296 g/mol. The summed E-state index contributed by atoms with van der Waals surface area (Å²) in [6.45, 7) is 2.72. The van der Waals surface area contributed by atoms with Crippen LogP contribution in [0, 0.1) is 23.0 Å². The number of hydrogen-bond acceptors (Lipinski definition) is 3. The first-order valence-corrected chi connectivity index (χ1v) is 7.05. The summed E-state index contributed by atoms with van der Waals surface area (Å²) in [5.41, 5.74) is 1.80. The number of anilines is 1.